The van der Waals surface area contributed by atoms with Crippen LogP contribution in [0.4, 0.5) is 5.69 Å². The molecule has 2 N–H and O–H groups in total. The van der Waals surface area contributed by atoms with E-state index in [1.54, 1.807) is 26.2 Å². The van der Waals surface area contributed by atoms with E-state index in [4.69, 9.17) is 19.6 Å². The van der Waals surface area contributed by atoms with Crippen LogP contribution in [0.3, 0.4) is 0 Å². The molecule has 1 aromatic heterocycles. The molecule has 0 bridgehead atoms. The van der Waals surface area contributed by atoms with E-state index in [1.807, 2.05) is 47.8 Å². The Kier molecular flexibility index (Phi) is 5.33. The van der Waals surface area contributed by atoms with Gasteiger partial charge in [-0.15, -0.1) is 11.3 Å². The van der Waals surface area contributed by atoms with Crippen molar-refractivity contribution in [3.63, 3.8) is 0 Å². The zero-order valence-corrected chi connectivity index (χ0v) is 17.6. The van der Waals surface area contributed by atoms with E-state index in [1.165, 1.54) is 11.3 Å². The molecular weight excluding hydrogens is 402 g/mol. The van der Waals surface area contributed by atoms with E-state index in [0.717, 1.165) is 22.7 Å². The minimum absolute atomic E-state index is 0.129. The van der Waals surface area contributed by atoms with Crippen molar-refractivity contribution < 1.29 is 19.3 Å². The molecule has 154 valence electrons. The number of amidine groups is 1. The highest BCUT2D eigenvalue weighted by Crippen LogP contribution is 2.37. The van der Waals surface area contributed by atoms with Gasteiger partial charge in [0.15, 0.2) is 11.5 Å². The highest BCUT2D eigenvalue weighted by Gasteiger charge is 2.31. The van der Waals surface area contributed by atoms with Gasteiger partial charge < -0.3 is 24.2 Å². The fourth-order valence-corrected chi connectivity index (χ4v) is 4.20. The smallest absolute Gasteiger partial charge is 0.161 e. The van der Waals surface area contributed by atoms with E-state index in [2.05, 4.69) is 4.98 Å². The zero-order valence-electron chi connectivity index (χ0n) is 16.8. The fraction of sp³-hybridized carbons (Fsp3) is 0.182. The lowest BCUT2D eigenvalue weighted by atomic mass is 10.1. The highest BCUT2D eigenvalue weighted by molar-refractivity contribution is 7.11. The van der Waals surface area contributed by atoms with Gasteiger partial charge in [0.2, 0.25) is 0 Å². The number of aliphatic hydroxyl groups excluding tert-OH is 1. The molecule has 1 aliphatic rings. The first-order valence-electron chi connectivity index (χ1n) is 9.16. The third-order valence-electron chi connectivity index (χ3n) is 4.88. The Morgan fingerprint density at radius 3 is 2.40 bits per heavy atom. The van der Waals surface area contributed by atoms with E-state index in [9.17, 15) is 5.11 Å². The van der Waals surface area contributed by atoms with Gasteiger partial charge >= 0.3 is 0 Å². The predicted molar refractivity (Wildman–Crippen MR) is 118 cm³/mol. The van der Waals surface area contributed by atoms with Crippen LogP contribution in [0.5, 0.6) is 17.2 Å². The molecule has 1 aliphatic heterocycles. The maximum atomic E-state index is 10.6. The number of aliphatic hydroxyl groups is 1. The Morgan fingerprint density at radius 1 is 1.00 bits per heavy atom. The summed E-state index contributed by atoms with van der Waals surface area (Å²) in [5.41, 5.74) is 2.86. The van der Waals surface area contributed by atoms with E-state index in [-0.39, 0.29) is 18.1 Å². The van der Waals surface area contributed by atoms with E-state index < -0.39 is 0 Å². The van der Waals surface area contributed by atoms with Gasteiger partial charge in [-0.25, -0.2) is 4.98 Å². The number of anilines is 1. The molecular formula is C22H21N3O4S. The van der Waals surface area contributed by atoms with Gasteiger partial charge in [-0.2, -0.15) is 0 Å². The zero-order chi connectivity index (χ0) is 21.3. The maximum absolute atomic E-state index is 10.6. The second-order valence-electron chi connectivity index (χ2n) is 6.56. The molecule has 0 saturated heterocycles. The Balaban J connectivity index is 1.61. The summed E-state index contributed by atoms with van der Waals surface area (Å²) in [5.74, 6) is 2.34. The van der Waals surface area contributed by atoms with Crippen LogP contribution in [-0.4, -0.2) is 43.8 Å². The molecule has 0 atom stereocenters. The average molecular weight is 423 g/mol. The summed E-state index contributed by atoms with van der Waals surface area (Å²) in [4.78, 5) is 6.40. The Labute approximate surface area is 178 Å². The predicted octanol–water partition coefficient (Wildman–Crippen LogP) is 4.60. The molecule has 0 radical (unpaired) electrons. The number of methoxy groups -OCH3 is 3. The second-order valence-corrected chi connectivity index (χ2v) is 7.42. The first kappa shape index (κ1) is 19.8. The lowest BCUT2D eigenvalue weighted by Crippen LogP contribution is -2.25. The quantitative estimate of drug-likeness (QED) is 0.602. The van der Waals surface area contributed by atoms with Crippen molar-refractivity contribution in [2.75, 3.05) is 32.8 Å². The van der Waals surface area contributed by atoms with Gasteiger partial charge in [-0.05, 0) is 42.5 Å². The van der Waals surface area contributed by atoms with Crippen LogP contribution in [-0.2, 0) is 0 Å². The molecule has 0 unspecified atom stereocenters. The van der Waals surface area contributed by atoms with Crippen LogP contribution < -0.4 is 19.1 Å². The van der Waals surface area contributed by atoms with Crippen LogP contribution in [0.25, 0.3) is 16.8 Å². The summed E-state index contributed by atoms with van der Waals surface area (Å²) >= 11 is 1.39. The van der Waals surface area contributed by atoms with Crippen molar-refractivity contribution in [3.05, 3.63) is 58.6 Å². The maximum Gasteiger partial charge on any atom is 0.161 e. The van der Waals surface area contributed by atoms with E-state index in [0.29, 0.717) is 22.1 Å². The minimum Gasteiger partial charge on any atom is -0.510 e. The highest BCUT2D eigenvalue weighted by atomic mass is 32.1. The van der Waals surface area contributed by atoms with Crippen LogP contribution in [0.2, 0.25) is 0 Å². The molecule has 0 saturated carbocycles. The third-order valence-corrected chi connectivity index (χ3v) is 5.74. The Bertz CT molecular complexity index is 1120. The summed E-state index contributed by atoms with van der Waals surface area (Å²) in [6.07, 6.45) is 0. The topological polar surface area (TPSA) is 87.9 Å². The number of nitrogens with zero attached hydrogens (tertiary/aromatic N) is 2. The molecule has 8 heteroatoms. The summed E-state index contributed by atoms with van der Waals surface area (Å²) in [6.45, 7) is 0.228. The second kappa shape index (κ2) is 8.08. The number of hydrogen-bond donors (Lipinski definition) is 2. The van der Waals surface area contributed by atoms with Gasteiger partial charge in [0, 0.05) is 16.6 Å². The van der Waals surface area contributed by atoms with Gasteiger partial charge in [-0.3, -0.25) is 5.41 Å². The van der Waals surface area contributed by atoms with Gasteiger partial charge in [0.05, 0.1) is 39.1 Å². The minimum atomic E-state index is 0.129. The third kappa shape index (κ3) is 3.46. The van der Waals surface area contributed by atoms with Crippen molar-refractivity contribution >= 4 is 28.4 Å². The Hall–Kier alpha value is -3.52. The lowest BCUT2D eigenvalue weighted by molar-refractivity contribution is 0.355. The SMILES string of the molecule is COc1ccc(N2CC(O)=C(c3nc(-c4ccc(OC)c(OC)c4)cs3)C2=N)cc1. The molecule has 3 aromatic rings. The molecule has 0 amide bonds. The van der Waals surface area contributed by atoms with Crippen LogP contribution in [0.15, 0.2) is 53.6 Å². The summed E-state index contributed by atoms with van der Waals surface area (Å²) < 4.78 is 15.8. The normalized spacial score (nSPS) is 13.7. The molecule has 4 rings (SSSR count). The fourth-order valence-electron chi connectivity index (χ4n) is 3.30. The summed E-state index contributed by atoms with van der Waals surface area (Å²) in [5, 5.41) is 21.7. The largest absolute Gasteiger partial charge is 0.510 e. The van der Waals surface area contributed by atoms with Gasteiger partial charge in [-0.1, -0.05) is 0 Å². The molecule has 7 nitrogen and oxygen atoms in total. The molecule has 0 spiro atoms. The van der Waals surface area contributed by atoms with Crippen molar-refractivity contribution in [1.29, 1.82) is 5.41 Å². The first-order valence-corrected chi connectivity index (χ1v) is 10.0. The van der Waals surface area contributed by atoms with Gasteiger partial charge in [0.1, 0.15) is 22.4 Å². The number of thiazole rings is 1. The molecule has 30 heavy (non-hydrogen) atoms. The van der Waals surface area contributed by atoms with Crippen LogP contribution >= 0.6 is 11.3 Å². The number of aromatic nitrogens is 1. The number of ether oxygens (including phenoxy) is 3. The first-order chi connectivity index (χ1) is 14.5. The average Bonchev–Trinajstić information content (AvgIpc) is 3.37. The summed E-state index contributed by atoms with van der Waals surface area (Å²) in [6, 6.07) is 13.0. The standard InChI is InChI=1S/C22H21N3O4S/c1-27-15-7-5-14(6-8-15)25-11-17(26)20(21(25)23)22-24-16(12-30-22)13-4-9-18(28-2)19(10-13)29-3/h4-10,12,23,26H,11H2,1-3H3. The van der Waals surface area contributed by atoms with Crippen molar-refractivity contribution in [2.24, 2.45) is 0 Å². The van der Waals surface area contributed by atoms with Crippen LogP contribution in [0, 0.1) is 5.41 Å². The number of hydrogen-bond acceptors (Lipinski definition) is 7. The van der Waals surface area contributed by atoms with Gasteiger partial charge in [0.25, 0.3) is 0 Å². The van der Waals surface area contributed by atoms with E-state index >= 15 is 0 Å². The van der Waals surface area contributed by atoms with Crippen molar-refractivity contribution in [1.82, 2.24) is 4.98 Å². The van der Waals surface area contributed by atoms with Crippen LogP contribution in [0.1, 0.15) is 5.01 Å². The molecule has 0 fully saturated rings. The number of benzene rings is 2. The molecule has 0 aliphatic carbocycles. The van der Waals surface area contributed by atoms with Crippen molar-refractivity contribution in [3.8, 4) is 28.5 Å². The Morgan fingerprint density at radius 2 is 1.73 bits per heavy atom. The molecule has 2 heterocycles. The summed E-state index contributed by atoms with van der Waals surface area (Å²) in [7, 11) is 4.79. The number of rotatable bonds is 6. The molecule has 2 aromatic carbocycles. The lowest BCUT2D eigenvalue weighted by Gasteiger charge is -2.18. The monoisotopic (exact) mass is 423 g/mol. The van der Waals surface area contributed by atoms with Crippen molar-refractivity contribution in [2.45, 2.75) is 0 Å². The number of nitrogens with one attached hydrogen (secondary N) is 1.